The number of benzene rings is 2. The smallest absolute Gasteiger partial charge is 0.232 e. The first kappa shape index (κ1) is 16.3. The quantitative estimate of drug-likeness (QED) is 0.719. The van der Waals surface area contributed by atoms with Gasteiger partial charge in [0.05, 0.1) is 13.0 Å². The summed E-state index contributed by atoms with van der Waals surface area (Å²) in [7, 11) is 1.60. The van der Waals surface area contributed by atoms with E-state index in [1.54, 1.807) is 24.1 Å². The molecule has 0 spiro atoms. The van der Waals surface area contributed by atoms with Gasteiger partial charge in [0.1, 0.15) is 11.6 Å². The number of anilines is 1. The largest absolute Gasteiger partial charge is 0.497 e. The number of nitrogens with zero attached hydrogens (tertiary/aromatic N) is 3. The number of rotatable bonds is 4. The predicted molar refractivity (Wildman–Crippen MR) is 92.4 cm³/mol. The number of carbonyl (C=O) groups excluding carboxylic acids is 1. The van der Waals surface area contributed by atoms with Crippen LogP contribution >= 0.6 is 0 Å². The molecule has 2 aromatic carbocycles. The highest BCUT2D eigenvalue weighted by atomic mass is 19.1. The maximum Gasteiger partial charge on any atom is 0.232 e. The molecule has 7 heteroatoms. The summed E-state index contributed by atoms with van der Waals surface area (Å²) < 4.78 is 23.6. The van der Waals surface area contributed by atoms with Gasteiger partial charge in [0.25, 0.3) is 0 Å². The Morgan fingerprint density at radius 2 is 1.88 bits per heavy atom. The topological polar surface area (TPSA) is 68.5 Å². The van der Waals surface area contributed by atoms with Crippen LogP contribution in [0.4, 0.5) is 10.1 Å². The Morgan fingerprint density at radius 1 is 1.15 bits per heavy atom. The van der Waals surface area contributed by atoms with Crippen LogP contribution < -0.4 is 9.64 Å². The van der Waals surface area contributed by atoms with Crippen molar-refractivity contribution in [1.29, 1.82) is 0 Å². The van der Waals surface area contributed by atoms with Crippen molar-refractivity contribution < 1.29 is 18.4 Å². The summed E-state index contributed by atoms with van der Waals surface area (Å²) in [5.41, 5.74) is 1.47. The highest BCUT2D eigenvalue weighted by Crippen LogP contribution is 2.32. The summed E-state index contributed by atoms with van der Waals surface area (Å²) in [6.07, 6.45) is 0.279. The van der Waals surface area contributed by atoms with E-state index in [1.165, 1.54) is 12.1 Å². The van der Waals surface area contributed by atoms with Crippen LogP contribution in [0.1, 0.15) is 18.2 Å². The monoisotopic (exact) mass is 353 g/mol. The Balaban J connectivity index is 1.52. The maximum absolute atomic E-state index is 13.1. The average Bonchev–Trinajstić information content (AvgIpc) is 3.29. The second kappa shape index (κ2) is 6.59. The summed E-state index contributed by atoms with van der Waals surface area (Å²) >= 11 is 0. The number of amides is 1. The van der Waals surface area contributed by atoms with E-state index in [1.807, 2.05) is 24.3 Å². The van der Waals surface area contributed by atoms with Gasteiger partial charge in [0, 0.05) is 24.2 Å². The summed E-state index contributed by atoms with van der Waals surface area (Å²) in [4.78, 5) is 18.4. The molecule has 1 fully saturated rings. The Kier molecular flexibility index (Phi) is 4.12. The van der Waals surface area contributed by atoms with E-state index in [-0.39, 0.29) is 24.1 Å². The SMILES string of the molecule is COc1ccc(-c2noc([C@H]3CC(=O)N(c4ccc(F)cc4)C3)n2)cc1. The molecular formula is C19H16FN3O3. The van der Waals surface area contributed by atoms with Crippen molar-refractivity contribution in [3.05, 3.63) is 60.2 Å². The molecule has 1 aliphatic rings. The molecule has 2 heterocycles. The molecule has 132 valence electrons. The minimum atomic E-state index is -0.335. The molecule has 0 aliphatic carbocycles. The van der Waals surface area contributed by atoms with Crippen LogP contribution in [0.2, 0.25) is 0 Å². The van der Waals surface area contributed by atoms with Gasteiger partial charge in [-0.2, -0.15) is 4.98 Å². The van der Waals surface area contributed by atoms with Gasteiger partial charge >= 0.3 is 0 Å². The van der Waals surface area contributed by atoms with Crippen molar-refractivity contribution >= 4 is 11.6 Å². The molecule has 1 aromatic heterocycles. The Hall–Kier alpha value is -3.22. The number of carbonyl (C=O) groups is 1. The number of halogens is 1. The zero-order valence-corrected chi connectivity index (χ0v) is 14.1. The molecule has 1 saturated heterocycles. The fraction of sp³-hybridized carbons (Fsp3) is 0.211. The van der Waals surface area contributed by atoms with E-state index in [0.29, 0.717) is 23.9 Å². The molecule has 0 saturated carbocycles. The first-order valence-electron chi connectivity index (χ1n) is 8.18. The standard InChI is InChI=1S/C19H16FN3O3/c1-25-16-8-2-12(3-9-16)18-21-19(26-22-18)13-10-17(24)23(11-13)15-6-4-14(20)5-7-15/h2-9,13H,10-11H2,1H3/t13-/m0/s1. The van der Waals surface area contributed by atoms with Crippen LogP contribution in [0.3, 0.4) is 0 Å². The summed E-state index contributed by atoms with van der Waals surface area (Å²) in [6.45, 7) is 0.425. The third kappa shape index (κ3) is 3.03. The van der Waals surface area contributed by atoms with E-state index in [0.717, 1.165) is 11.3 Å². The molecule has 6 nitrogen and oxygen atoms in total. The maximum atomic E-state index is 13.1. The lowest BCUT2D eigenvalue weighted by atomic mass is 10.1. The molecule has 4 rings (SSSR count). The van der Waals surface area contributed by atoms with Crippen molar-refractivity contribution in [2.75, 3.05) is 18.6 Å². The van der Waals surface area contributed by atoms with E-state index in [9.17, 15) is 9.18 Å². The van der Waals surface area contributed by atoms with Crippen molar-refractivity contribution in [3.63, 3.8) is 0 Å². The van der Waals surface area contributed by atoms with Gasteiger partial charge in [-0.1, -0.05) is 5.16 Å². The van der Waals surface area contributed by atoms with Crippen LogP contribution in [-0.4, -0.2) is 29.7 Å². The normalized spacial score (nSPS) is 16.9. The molecule has 3 aromatic rings. The third-order valence-electron chi connectivity index (χ3n) is 4.40. The van der Waals surface area contributed by atoms with Crippen molar-refractivity contribution in [2.45, 2.75) is 12.3 Å². The second-order valence-corrected chi connectivity index (χ2v) is 6.07. The first-order valence-corrected chi connectivity index (χ1v) is 8.18. The molecule has 1 amide bonds. The van der Waals surface area contributed by atoms with Crippen LogP contribution in [0.15, 0.2) is 53.1 Å². The van der Waals surface area contributed by atoms with Gasteiger partial charge in [-0.3, -0.25) is 4.79 Å². The molecule has 26 heavy (non-hydrogen) atoms. The van der Waals surface area contributed by atoms with Crippen LogP contribution in [0, 0.1) is 5.82 Å². The van der Waals surface area contributed by atoms with Crippen LogP contribution in [0.5, 0.6) is 5.75 Å². The molecule has 0 N–H and O–H groups in total. The van der Waals surface area contributed by atoms with E-state index >= 15 is 0 Å². The molecule has 0 radical (unpaired) electrons. The number of methoxy groups -OCH3 is 1. The highest BCUT2D eigenvalue weighted by Gasteiger charge is 2.35. The van der Waals surface area contributed by atoms with Gasteiger partial charge in [0.15, 0.2) is 0 Å². The fourth-order valence-corrected chi connectivity index (χ4v) is 3.00. The van der Waals surface area contributed by atoms with Crippen molar-refractivity contribution in [2.24, 2.45) is 0 Å². The fourth-order valence-electron chi connectivity index (χ4n) is 3.00. The van der Waals surface area contributed by atoms with Crippen LogP contribution in [-0.2, 0) is 4.79 Å². The number of ether oxygens (including phenoxy) is 1. The molecule has 0 unspecified atom stereocenters. The lowest BCUT2D eigenvalue weighted by molar-refractivity contribution is -0.117. The first-order chi connectivity index (χ1) is 12.6. The summed E-state index contributed by atoms with van der Waals surface area (Å²) in [6, 6.07) is 13.2. The van der Waals surface area contributed by atoms with Crippen molar-refractivity contribution in [3.8, 4) is 17.1 Å². The van der Waals surface area contributed by atoms with Gasteiger partial charge in [-0.25, -0.2) is 4.39 Å². The van der Waals surface area contributed by atoms with Crippen LogP contribution in [0.25, 0.3) is 11.4 Å². The van der Waals surface area contributed by atoms with Gasteiger partial charge in [-0.15, -0.1) is 0 Å². The lowest BCUT2D eigenvalue weighted by Gasteiger charge is -2.15. The van der Waals surface area contributed by atoms with Crippen molar-refractivity contribution in [1.82, 2.24) is 10.1 Å². The summed E-state index contributed by atoms with van der Waals surface area (Å²) in [5.74, 6) is 1.06. The Bertz CT molecular complexity index is 922. The van der Waals surface area contributed by atoms with Gasteiger partial charge in [0.2, 0.25) is 17.6 Å². The molecule has 1 aliphatic heterocycles. The second-order valence-electron chi connectivity index (χ2n) is 6.07. The Morgan fingerprint density at radius 3 is 2.58 bits per heavy atom. The lowest BCUT2D eigenvalue weighted by Crippen LogP contribution is -2.24. The zero-order chi connectivity index (χ0) is 18.1. The molecular weight excluding hydrogens is 337 g/mol. The predicted octanol–water partition coefficient (Wildman–Crippen LogP) is 3.40. The van der Waals surface area contributed by atoms with Gasteiger partial charge < -0.3 is 14.2 Å². The average molecular weight is 353 g/mol. The summed E-state index contributed by atoms with van der Waals surface area (Å²) in [5, 5.41) is 4.01. The molecule has 0 bridgehead atoms. The van der Waals surface area contributed by atoms with Gasteiger partial charge in [-0.05, 0) is 48.5 Å². The third-order valence-corrected chi connectivity index (χ3v) is 4.40. The highest BCUT2D eigenvalue weighted by molar-refractivity contribution is 5.96. The Labute approximate surface area is 149 Å². The number of hydrogen-bond donors (Lipinski definition) is 0. The molecule has 1 atom stereocenters. The number of hydrogen-bond acceptors (Lipinski definition) is 5. The van der Waals surface area contributed by atoms with E-state index < -0.39 is 0 Å². The minimum Gasteiger partial charge on any atom is -0.497 e. The van der Waals surface area contributed by atoms with E-state index in [2.05, 4.69) is 10.1 Å². The minimum absolute atomic E-state index is 0.0502. The van der Waals surface area contributed by atoms with E-state index in [4.69, 9.17) is 9.26 Å². The zero-order valence-electron chi connectivity index (χ0n) is 14.1. The number of aromatic nitrogens is 2.